The van der Waals surface area contributed by atoms with Gasteiger partial charge in [-0.05, 0) is 19.1 Å². The zero-order valence-corrected chi connectivity index (χ0v) is 11.3. The molecule has 20 heavy (non-hydrogen) atoms. The Morgan fingerprint density at radius 3 is 2.25 bits per heavy atom. The second kappa shape index (κ2) is 5.50. The second-order valence-electron chi connectivity index (χ2n) is 5.12. The fourth-order valence-corrected chi connectivity index (χ4v) is 2.13. The first-order valence-corrected chi connectivity index (χ1v) is 6.49. The van der Waals surface area contributed by atoms with Crippen LogP contribution in [-0.4, -0.2) is 45.8 Å². The molecule has 0 atom stereocenters. The summed E-state index contributed by atoms with van der Waals surface area (Å²) in [4.78, 5) is 24.4. The topological polar surface area (TPSA) is 89.9 Å². The number of urea groups is 1. The molecule has 1 aromatic rings. The van der Waals surface area contributed by atoms with Crippen molar-refractivity contribution in [1.29, 1.82) is 0 Å². The molecule has 108 valence electrons. The molecule has 2 amide bonds. The number of aryl methyl sites for hydroxylation is 1. The third kappa shape index (κ3) is 3.08. The fraction of sp³-hybridized carbons (Fsp3) is 0.429. The van der Waals surface area contributed by atoms with Gasteiger partial charge in [0.05, 0.1) is 0 Å². The van der Waals surface area contributed by atoms with Gasteiger partial charge in [-0.3, -0.25) is 0 Å². The van der Waals surface area contributed by atoms with Crippen LogP contribution in [0.4, 0.5) is 10.5 Å². The molecule has 3 N–H and O–H groups in total. The van der Waals surface area contributed by atoms with Crippen molar-refractivity contribution >= 4 is 17.7 Å². The Morgan fingerprint density at radius 1 is 1.20 bits per heavy atom. The van der Waals surface area contributed by atoms with Crippen LogP contribution in [0.3, 0.4) is 0 Å². The summed E-state index contributed by atoms with van der Waals surface area (Å²) in [7, 11) is 0. The average Bonchev–Trinajstić information content (AvgIpc) is 2.42. The van der Waals surface area contributed by atoms with E-state index in [1.54, 1.807) is 0 Å². The van der Waals surface area contributed by atoms with E-state index in [2.05, 4.69) is 5.32 Å². The van der Waals surface area contributed by atoms with Gasteiger partial charge in [0.1, 0.15) is 0 Å². The molecule has 1 saturated heterocycles. The van der Waals surface area contributed by atoms with E-state index in [9.17, 15) is 14.7 Å². The van der Waals surface area contributed by atoms with Crippen molar-refractivity contribution in [1.82, 2.24) is 4.90 Å². The SMILES string of the molecule is Cc1ccc(NC(=O)N2CCC(O)(C(=O)O)CC2)cc1. The first kappa shape index (κ1) is 14.3. The van der Waals surface area contributed by atoms with E-state index >= 15 is 0 Å². The smallest absolute Gasteiger partial charge is 0.335 e. The van der Waals surface area contributed by atoms with E-state index < -0.39 is 11.6 Å². The lowest BCUT2D eigenvalue weighted by molar-refractivity contribution is -0.162. The largest absolute Gasteiger partial charge is 0.479 e. The number of likely N-dealkylation sites (tertiary alicyclic amines) is 1. The maximum Gasteiger partial charge on any atom is 0.335 e. The van der Waals surface area contributed by atoms with Gasteiger partial charge in [-0.15, -0.1) is 0 Å². The highest BCUT2D eigenvalue weighted by Crippen LogP contribution is 2.23. The maximum absolute atomic E-state index is 12.0. The predicted octanol–water partition coefficient (Wildman–Crippen LogP) is 1.44. The molecule has 6 heteroatoms. The van der Waals surface area contributed by atoms with E-state index in [1.165, 1.54) is 4.90 Å². The van der Waals surface area contributed by atoms with Crippen LogP contribution in [0.25, 0.3) is 0 Å². The third-order valence-corrected chi connectivity index (χ3v) is 3.58. The van der Waals surface area contributed by atoms with Crippen molar-refractivity contribution in [2.75, 3.05) is 18.4 Å². The number of carboxylic acids is 1. The number of amides is 2. The summed E-state index contributed by atoms with van der Waals surface area (Å²) in [5, 5.41) is 21.5. The second-order valence-corrected chi connectivity index (χ2v) is 5.12. The minimum absolute atomic E-state index is 0.0453. The van der Waals surface area contributed by atoms with Crippen LogP contribution in [-0.2, 0) is 4.79 Å². The van der Waals surface area contributed by atoms with Crippen LogP contribution in [0.2, 0.25) is 0 Å². The van der Waals surface area contributed by atoms with Crippen molar-refractivity contribution in [2.45, 2.75) is 25.4 Å². The number of aliphatic carboxylic acids is 1. The Kier molecular flexibility index (Phi) is 3.94. The molecule has 6 nitrogen and oxygen atoms in total. The molecule has 0 spiro atoms. The molecule has 0 bridgehead atoms. The van der Waals surface area contributed by atoms with Gasteiger partial charge in [0.2, 0.25) is 0 Å². The summed E-state index contributed by atoms with van der Waals surface area (Å²) in [5.41, 5.74) is 0.0906. The molecule has 1 aliphatic heterocycles. The maximum atomic E-state index is 12.0. The van der Waals surface area contributed by atoms with Gasteiger partial charge in [-0.2, -0.15) is 0 Å². The lowest BCUT2D eigenvalue weighted by Crippen LogP contribution is -2.51. The highest BCUT2D eigenvalue weighted by atomic mass is 16.4. The van der Waals surface area contributed by atoms with Crippen LogP contribution in [0.1, 0.15) is 18.4 Å². The van der Waals surface area contributed by atoms with E-state index in [1.807, 2.05) is 31.2 Å². The number of piperidine rings is 1. The summed E-state index contributed by atoms with van der Waals surface area (Å²) in [6.45, 7) is 2.41. The zero-order chi connectivity index (χ0) is 14.8. The molecule has 0 unspecified atom stereocenters. The van der Waals surface area contributed by atoms with E-state index in [-0.39, 0.29) is 32.0 Å². The van der Waals surface area contributed by atoms with Crippen LogP contribution >= 0.6 is 0 Å². The normalized spacial score (nSPS) is 17.6. The highest BCUT2D eigenvalue weighted by molar-refractivity contribution is 5.89. The highest BCUT2D eigenvalue weighted by Gasteiger charge is 2.40. The summed E-state index contributed by atoms with van der Waals surface area (Å²) < 4.78 is 0. The Hall–Kier alpha value is -2.08. The van der Waals surface area contributed by atoms with Crippen molar-refractivity contribution in [3.05, 3.63) is 29.8 Å². The number of hydrogen-bond donors (Lipinski definition) is 3. The summed E-state index contributed by atoms with van der Waals surface area (Å²) in [6, 6.07) is 7.14. The summed E-state index contributed by atoms with van der Waals surface area (Å²) in [6.07, 6.45) is 0.0906. The van der Waals surface area contributed by atoms with Crippen molar-refractivity contribution < 1.29 is 19.8 Å². The number of carboxylic acid groups (broad SMARTS) is 1. The predicted molar refractivity (Wildman–Crippen MR) is 73.6 cm³/mol. The van der Waals surface area contributed by atoms with E-state index in [0.29, 0.717) is 5.69 Å². The van der Waals surface area contributed by atoms with Crippen LogP contribution in [0, 0.1) is 6.92 Å². The Balaban J connectivity index is 1.92. The average molecular weight is 278 g/mol. The number of hydrogen-bond acceptors (Lipinski definition) is 3. The molecule has 1 heterocycles. The van der Waals surface area contributed by atoms with Crippen LogP contribution in [0.5, 0.6) is 0 Å². The first-order valence-electron chi connectivity index (χ1n) is 6.49. The first-order chi connectivity index (χ1) is 9.40. The van der Waals surface area contributed by atoms with Gasteiger partial charge >= 0.3 is 12.0 Å². The zero-order valence-electron chi connectivity index (χ0n) is 11.3. The number of nitrogens with zero attached hydrogens (tertiary/aromatic N) is 1. The standard InChI is InChI=1S/C14H18N2O4/c1-10-2-4-11(5-3-10)15-13(19)16-8-6-14(20,7-9-16)12(17)18/h2-5,20H,6-9H2,1H3,(H,15,19)(H,17,18). The quantitative estimate of drug-likeness (QED) is 0.763. The lowest BCUT2D eigenvalue weighted by atomic mass is 9.92. The molecule has 0 saturated carbocycles. The Bertz CT molecular complexity index is 504. The molecule has 1 aliphatic rings. The number of benzene rings is 1. The van der Waals surface area contributed by atoms with Crippen molar-refractivity contribution in [3.63, 3.8) is 0 Å². The number of nitrogens with one attached hydrogen (secondary N) is 1. The van der Waals surface area contributed by atoms with Crippen LogP contribution in [0.15, 0.2) is 24.3 Å². The summed E-state index contributed by atoms with van der Waals surface area (Å²) >= 11 is 0. The number of rotatable bonds is 2. The minimum atomic E-state index is -1.71. The van der Waals surface area contributed by atoms with E-state index in [4.69, 9.17) is 5.11 Å². The Labute approximate surface area is 117 Å². The Morgan fingerprint density at radius 2 is 1.75 bits per heavy atom. The number of carbonyl (C=O) groups excluding carboxylic acids is 1. The van der Waals surface area contributed by atoms with Gasteiger partial charge in [0.25, 0.3) is 0 Å². The van der Waals surface area contributed by atoms with Crippen molar-refractivity contribution in [3.8, 4) is 0 Å². The molecular formula is C14H18N2O4. The molecule has 1 aromatic carbocycles. The van der Waals surface area contributed by atoms with E-state index in [0.717, 1.165) is 5.56 Å². The van der Waals surface area contributed by atoms with Gasteiger partial charge in [0, 0.05) is 31.6 Å². The summed E-state index contributed by atoms with van der Waals surface area (Å²) in [5.74, 6) is -1.23. The van der Waals surface area contributed by atoms with Gasteiger partial charge in [-0.25, -0.2) is 9.59 Å². The molecular weight excluding hydrogens is 260 g/mol. The molecule has 1 fully saturated rings. The molecule has 2 rings (SSSR count). The molecule has 0 radical (unpaired) electrons. The fourth-order valence-electron chi connectivity index (χ4n) is 2.13. The molecule has 0 aliphatic carbocycles. The van der Waals surface area contributed by atoms with Crippen molar-refractivity contribution in [2.24, 2.45) is 0 Å². The lowest BCUT2D eigenvalue weighted by Gasteiger charge is -2.35. The minimum Gasteiger partial charge on any atom is -0.479 e. The molecule has 0 aromatic heterocycles. The van der Waals surface area contributed by atoms with Crippen LogP contribution < -0.4 is 5.32 Å². The number of aliphatic hydroxyl groups is 1. The number of carbonyl (C=O) groups is 2. The van der Waals surface area contributed by atoms with Gasteiger partial charge in [0.15, 0.2) is 5.60 Å². The third-order valence-electron chi connectivity index (χ3n) is 3.58. The van der Waals surface area contributed by atoms with Gasteiger partial charge < -0.3 is 20.4 Å². The van der Waals surface area contributed by atoms with Gasteiger partial charge in [-0.1, -0.05) is 17.7 Å². The monoisotopic (exact) mass is 278 g/mol. The number of anilines is 1.